The first-order valence-corrected chi connectivity index (χ1v) is 16.4. The molecule has 236 valence electrons. The van der Waals surface area contributed by atoms with E-state index in [1.807, 2.05) is 109 Å². The van der Waals surface area contributed by atoms with Crippen molar-refractivity contribution >= 4 is 28.6 Å². The molecule has 8 heteroatoms. The molecule has 1 fully saturated rings. The van der Waals surface area contributed by atoms with Crippen molar-refractivity contribution in [1.29, 1.82) is 0 Å². The van der Waals surface area contributed by atoms with Crippen molar-refractivity contribution in [3.8, 4) is 0 Å². The number of carbonyl (C=O) groups excluding carboxylic acids is 1. The lowest BCUT2D eigenvalue weighted by Gasteiger charge is -2.45. The number of esters is 1. The van der Waals surface area contributed by atoms with Gasteiger partial charge in [-0.25, -0.2) is 0 Å². The molecule has 0 spiro atoms. The lowest BCUT2D eigenvalue weighted by molar-refractivity contribution is -0.326. The molecule has 0 unspecified atom stereocenters. The van der Waals surface area contributed by atoms with Crippen LogP contribution in [0.1, 0.15) is 33.1 Å². The van der Waals surface area contributed by atoms with Crippen LogP contribution >= 0.6 is 22.6 Å². The zero-order valence-electron chi connectivity index (χ0n) is 25.3. The van der Waals surface area contributed by atoms with Gasteiger partial charge in [-0.1, -0.05) is 144 Å². The van der Waals surface area contributed by atoms with Crippen LogP contribution in [0.5, 0.6) is 0 Å². The van der Waals surface area contributed by atoms with Crippen molar-refractivity contribution in [2.75, 3.05) is 13.2 Å². The predicted molar refractivity (Wildman–Crippen MR) is 180 cm³/mol. The second-order valence-corrected chi connectivity index (χ2v) is 12.3. The maximum absolute atomic E-state index is 11.9. The zero-order chi connectivity index (χ0) is 31.3. The topological polar surface area (TPSA) is 72.5 Å². The Kier molecular flexibility index (Phi) is 13.0. The van der Waals surface area contributed by atoms with E-state index >= 15 is 0 Å². The minimum atomic E-state index is -0.812. The quantitative estimate of drug-likeness (QED) is 0.0729. The van der Waals surface area contributed by atoms with Gasteiger partial charge in [-0.15, -0.1) is 0 Å². The molecule has 0 aromatic heterocycles. The number of ether oxygens (including phenoxy) is 6. The van der Waals surface area contributed by atoms with Gasteiger partial charge in [0.1, 0.15) is 31.0 Å². The van der Waals surface area contributed by atoms with Crippen molar-refractivity contribution in [2.24, 2.45) is 0 Å². The molecular weight excluding hydrogens is 683 g/mol. The summed E-state index contributed by atoms with van der Waals surface area (Å²) in [6, 6.07) is 40.0. The number of hydrogen-bond donors (Lipinski definition) is 0. The van der Waals surface area contributed by atoms with E-state index in [0.717, 1.165) is 22.3 Å². The van der Waals surface area contributed by atoms with Crippen molar-refractivity contribution in [2.45, 2.75) is 61.4 Å². The summed E-state index contributed by atoms with van der Waals surface area (Å²) >= 11 is 2.38. The lowest BCUT2D eigenvalue weighted by atomic mass is 9.97. The van der Waals surface area contributed by atoms with Crippen LogP contribution in [0.3, 0.4) is 0 Å². The van der Waals surface area contributed by atoms with Gasteiger partial charge in [0, 0.05) is 6.92 Å². The van der Waals surface area contributed by atoms with E-state index in [0.29, 0.717) is 26.4 Å². The standard InChI is InChI=1S/C37H39IO7/c1-27(39)40-26-33-34(41-22-28-14-6-2-7-15-28)35(42-23-29-16-8-3-9-17-29)36(43-24-30-18-10-4-11-19-30)37(45-33)44-25-32(38)31-20-12-5-13-21-31/h2-21,32-37H,22-26H2,1H3/t32-,33+,34+,35-,36-,37-/m0/s1. The molecule has 4 aromatic rings. The van der Waals surface area contributed by atoms with E-state index in [-0.39, 0.29) is 10.5 Å². The van der Waals surface area contributed by atoms with Crippen LogP contribution in [-0.2, 0) is 53.0 Å². The van der Waals surface area contributed by atoms with Crippen LogP contribution in [0.2, 0.25) is 0 Å². The fraction of sp³-hybridized carbons (Fsp3) is 0.324. The molecule has 0 aliphatic carbocycles. The third kappa shape index (κ3) is 10.2. The van der Waals surface area contributed by atoms with Crippen LogP contribution in [0.25, 0.3) is 0 Å². The SMILES string of the molecule is CC(=O)OC[C@H]1O[C@H](OC[C@H](I)c2ccccc2)[C@@H](OCc2ccccc2)[C@@H](OCc2ccccc2)[C@@H]1OCc1ccccc1. The van der Waals surface area contributed by atoms with Gasteiger partial charge in [-0.2, -0.15) is 0 Å². The zero-order valence-corrected chi connectivity index (χ0v) is 27.4. The van der Waals surface area contributed by atoms with E-state index in [9.17, 15) is 4.79 Å². The summed E-state index contributed by atoms with van der Waals surface area (Å²) in [5.41, 5.74) is 4.17. The maximum Gasteiger partial charge on any atom is 0.302 e. The van der Waals surface area contributed by atoms with E-state index in [1.54, 1.807) is 0 Å². The minimum Gasteiger partial charge on any atom is -0.463 e. The Morgan fingerprint density at radius 2 is 1.09 bits per heavy atom. The lowest BCUT2D eigenvalue weighted by Crippen LogP contribution is -2.62. The molecule has 6 atom stereocenters. The highest BCUT2D eigenvalue weighted by Crippen LogP contribution is 2.33. The molecule has 45 heavy (non-hydrogen) atoms. The van der Waals surface area contributed by atoms with E-state index in [1.165, 1.54) is 6.92 Å². The Morgan fingerprint density at radius 1 is 0.644 bits per heavy atom. The maximum atomic E-state index is 11.9. The molecule has 5 rings (SSSR count). The fourth-order valence-corrected chi connectivity index (χ4v) is 5.77. The summed E-state index contributed by atoms with van der Waals surface area (Å²) in [7, 11) is 0. The Morgan fingerprint density at radius 3 is 1.58 bits per heavy atom. The number of alkyl halides is 1. The Labute approximate surface area is 278 Å². The number of halogens is 1. The molecule has 1 heterocycles. The summed E-state index contributed by atoms with van der Waals surface area (Å²) in [6.45, 7) is 2.71. The Bertz CT molecular complexity index is 1410. The van der Waals surface area contributed by atoms with E-state index < -0.39 is 36.7 Å². The van der Waals surface area contributed by atoms with Crippen LogP contribution in [0.4, 0.5) is 0 Å². The van der Waals surface area contributed by atoms with Gasteiger partial charge < -0.3 is 28.4 Å². The van der Waals surface area contributed by atoms with Gasteiger partial charge >= 0.3 is 5.97 Å². The third-order valence-electron chi connectivity index (χ3n) is 7.47. The van der Waals surface area contributed by atoms with Gasteiger partial charge in [0.25, 0.3) is 0 Å². The molecule has 0 saturated carbocycles. The molecule has 7 nitrogen and oxygen atoms in total. The molecule has 1 saturated heterocycles. The molecule has 4 aromatic carbocycles. The number of hydrogen-bond acceptors (Lipinski definition) is 7. The van der Waals surface area contributed by atoms with Crippen LogP contribution in [-0.4, -0.2) is 49.9 Å². The van der Waals surface area contributed by atoms with E-state index in [2.05, 4.69) is 34.7 Å². The minimum absolute atomic E-state index is 0.0163. The van der Waals surface area contributed by atoms with Crippen molar-refractivity contribution < 1.29 is 33.2 Å². The van der Waals surface area contributed by atoms with Gasteiger partial charge in [0.15, 0.2) is 6.29 Å². The van der Waals surface area contributed by atoms with Gasteiger partial charge in [0.05, 0.1) is 30.4 Å². The number of rotatable bonds is 15. The second-order valence-electron chi connectivity index (χ2n) is 10.8. The largest absolute Gasteiger partial charge is 0.463 e. The second kappa shape index (κ2) is 17.5. The summed E-state index contributed by atoms with van der Waals surface area (Å²) in [5.74, 6) is -0.404. The van der Waals surface area contributed by atoms with Crippen LogP contribution < -0.4 is 0 Å². The predicted octanol–water partition coefficient (Wildman–Crippen LogP) is 7.22. The van der Waals surface area contributed by atoms with Gasteiger partial charge in [0.2, 0.25) is 0 Å². The monoisotopic (exact) mass is 722 g/mol. The molecule has 0 amide bonds. The van der Waals surface area contributed by atoms with Crippen molar-refractivity contribution in [1.82, 2.24) is 0 Å². The molecular formula is C37H39IO7. The summed E-state index contributed by atoms with van der Waals surface area (Å²) < 4.78 is 38.5. The normalized spacial score (nSPS) is 22.0. The summed E-state index contributed by atoms with van der Waals surface area (Å²) in [6.07, 6.45) is -3.36. The first kappa shape index (κ1) is 33.2. The average molecular weight is 723 g/mol. The Hall–Kier alpha value is -3.12. The van der Waals surface area contributed by atoms with Crippen LogP contribution in [0.15, 0.2) is 121 Å². The highest BCUT2D eigenvalue weighted by atomic mass is 127. The third-order valence-corrected chi connectivity index (χ3v) is 8.54. The van der Waals surface area contributed by atoms with E-state index in [4.69, 9.17) is 28.4 Å². The van der Waals surface area contributed by atoms with Crippen molar-refractivity contribution in [3.05, 3.63) is 144 Å². The Balaban J connectivity index is 1.44. The molecule has 0 bridgehead atoms. The molecule has 1 aliphatic rings. The van der Waals surface area contributed by atoms with Gasteiger partial charge in [-0.3, -0.25) is 4.79 Å². The highest BCUT2D eigenvalue weighted by Gasteiger charge is 2.49. The average Bonchev–Trinajstić information content (AvgIpc) is 3.09. The summed E-state index contributed by atoms with van der Waals surface area (Å²) in [5, 5.41) is 0. The molecule has 0 radical (unpaired) electrons. The van der Waals surface area contributed by atoms with Crippen LogP contribution in [0, 0.1) is 0 Å². The smallest absolute Gasteiger partial charge is 0.302 e. The van der Waals surface area contributed by atoms with Crippen molar-refractivity contribution in [3.63, 3.8) is 0 Å². The number of benzene rings is 4. The highest BCUT2D eigenvalue weighted by molar-refractivity contribution is 14.1. The molecule has 1 aliphatic heterocycles. The summed E-state index contributed by atoms with van der Waals surface area (Å²) in [4.78, 5) is 11.9. The van der Waals surface area contributed by atoms with Gasteiger partial charge in [-0.05, 0) is 22.3 Å². The first-order valence-electron chi connectivity index (χ1n) is 15.1. The number of carbonyl (C=O) groups is 1. The molecule has 0 N–H and O–H groups in total. The first-order chi connectivity index (χ1) is 22.1. The fourth-order valence-electron chi connectivity index (χ4n) is 5.15.